The number of anilines is 1. The van der Waals surface area contributed by atoms with Gasteiger partial charge in [-0.05, 0) is 84.1 Å². The number of imide groups is 2. The lowest BCUT2D eigenvalue weighted by atomic mass is 10.0. The van der Waals surface area contributed by atoms with E-state index in [-0.39, 0.29) is 5.57 Å². The summed E-state index contributed by atoms with van der Waals surface area (Å²) in [5.41, 5.74) is 3.65. The van der Waals surface area contributed by atoms with Gasteiger partial charge in [-0.15, -0.1) is 0 Å². The molecule has 4 aromatic carbocycles. The molecule has 4 aromatic rings. The molecular formula is C32H28N2O5. The number of hydrogen-bond acceptors (Lipinski definition) is 5. The SMILES string of the molecule is CCOc1cc(/C=C2\C(=O)NC(=O)N(c3cc(C)cc(C)c3)C2=O)ccc1OCc1cccc2ccccc12. The zero-order chi connectivity index (χ0) is 27.5. The molecule has 7 nitrogen and oxygen atoms in total. The van der Waals surface area contributed by atoms with Gasteiger partial charge in [0, 0.05) is 0 Å². The largest absolute Gasteiger partial charge is 0.490 e. The van der Waals surface area contributed by atoms with Gasteiger partial charge in [-0.2, -0.15) is 0 Å². The molecule has 0 atom stereocenters. The predicted octanol–water partition coefficient (Wildman–Crippen LogP) is 6.10. The van der Waals surface area contributed by atoms with Crippen LogP contribution in [0, 0.1) is 13.8 Å². The maximum Gasteiger partial charge on any atom is 0.335 e. The van der Waals surface area contributed by atoms with Crippen molar-refractivity contribution in [1.82, 2.24) is 5.32 Å². The van der Waals surface area contributed by atoms with Crippen molar-refractivity contribution in [2.75, 3.05) is 11.5 Å². The van der Waals surface area contributed by atoms with Gasteiger partial charge < -0.3 is 9.47 Å². The van der Waals surface area contributed by atoms with Crippen molar-refractivity contribution in [1.29, 1.82) is 0 Å². The number of rotatable bonds is 7. The van der Waals surface area contributed by atoms with Crippen LogP contribution in [0.3, 0.4) is 0 Å². The minimum atomic E-state index is -0.778. The molecule has 0 bridgehead atoms. The Morgan fingerprint density at radius 3 is 2.33 bits per heavy atom. The van der Waals surface area contributed by atoms with E-state index in [2.05, 4.69) is 23.5 Å². The lowest BCUT2D eigenvalue weighted by Crippen LogP contribution is -2.54. The quantitative estimate of drug-likeness (QED) is 0.235. The Morgan fingerprint density at radius 2 is 1.56 bits per heavy atom. The van der Waals surface area contributed by atoms with Crippen molar-refractivity contribution in [2.45, 2.75) is 27.4 Å². The molecule has 0 aliphatic carbocycles. The number of carbonyl (C=O) groups is 3. The monoisotopic (exact) mass is 520 g/mol. The van der Waals surface area contributed by atoms with Crippen molar-refractivity contribution >= 4 is 40.4 Å². The topological polar surface area (TPSA) is 84.9 Å². The van der Waals surface area contributed by atoms with E-state index in [1.54, 1.807) is 30.3 Å². The Bertz CT molecular complexity index is 1610. The first-order valence-corrected chi connectivity index (χ1v) is 12.7. The minimum Gasteiger partial charge on any atom is -0.490 e. The fourth-order valence-electron chi connectivity index (χ4n) is 4.71. The van der Waals surface area contributed by atoms with Crippen LogP contribution >= 0.6 is 0 Å². The molecule has 1 heterocycles. The van der Waals surface area contributed by atoms with E-state index in [0.717, 1.165) is 32.4 Å². The number of barbiturate groups is 1. The standard InChI is InChI=1S/C32H28N2O5/c1-4-38-29-18-22(12-13-28(29)39-19-24-10-7-9-23-8-5-6-11-26(23)24)17-27-30(35)33-32(37)34(31(27)36)25-15-20(2)14-21(3)16-25/h5-18H,4,19H2,1-3H3,(H,33,35,37)/b27-17+. The number of hydrogen-bond donors (Lipinski definition) is 1. The van der Waals surface area contributed by atoms with Crippen LogP contribution in [-0.2, 0) is 16.2 Å². The Kier molecular flexibility index (Phi) is 7.14. The molecule has 0 unspecified atom stereocenters. The summed E-state index contributed by atoms with van der Waals surface area (Å²) in [6, 6.07) is 24.0. The summed E-state index contributed by atoms with van der Waals surface area (Å²) >= 11 is 0. The molecule has 0 spiro atoms. The number of aryl methyl sites for hydroxylation is 2. The van der Waals surface area contributed by atoms with Crippen LogP contribution in [0.15, 0.2) is 84.4 Å². The Balaban J connectivity index is 1.43. The molecule has 0 saturated carbocycles. The zero-order valence-electron chi connectivity index (χ0n) is 22.0. The average Bonchev–Trinajstić information content (AvgIpc) is 2.90. The second kappa shape index (κ2) is 10.8. The Hall–Kier alpha value is -4.91. The van der Waals surface area contributed by atoms with Gasteiger partial charge in [0.05, 0.1) is 12.3 Å². The summed E-state index contributed by atoms with van der Waals surface area (Å²) in [4.78, 5) is 39.6. The second-order valence-electron chi connectivity index (χ2n) is 9.37. The summed E-state index contributed by atoms with van der Waals surface area (Å²) in [7, 11) is 0. The summed E-state index contributed by atoms with van der Waals surface area (Å²) < 4.78 is 12.0. The molecule has 5 rings (SSSR count). The van der Waals surface area contributed by atoms with E-state index in [1.807, 2.05) is 51.1 Å². The van der Waals surface area contributed by atoms with Crippen molar-refractivity contribution in [3.05, 3.63) is 107 Å². The van der Waals surface area contributed by atoms with Gasteiger partial charge in [-0.25, -0.2) is 9.69 Å². The number of benzene rings is 4. The number of nitrogens with zero attached hydrogens (tertiary/aromatic N) is 1. The fraction of sp³-hybridized carbons (Fsp3) is 0.156. The fourth-order valence-corrected chi connectivity index (χ4v) is 4.71. The zero-order valence-corrected chi connectivity index (χ0v) is 22.0. The van der Waals surface area contributed by atoms with E-state index in [0.29, 0.717) is 36.0 Å². The molecule has 0 radical (unpaired) electrons. The highest BCUT2D eigenvalue weighted by molar-refractivity contribution is 6.39. The number of carbonyl (C=O) groups excluding carboxylic acids is 3. The highest BCUT2D eigenvalue weighted by Gasteiger charge is 2.37. The van der Waals surface area contributed by atoms with E-state index in [9.17, 15) is 14.4 Å². The summed E-state index contributed by atoms with van der Waals surface area (Å²) in [6.07, 6.45) is 1.46. The molecule has 196 valence electrons. The number of urea groups is 1. The number of amides is 4. The molecule has 0 aromatic heterocycles. The lowest BCUT2D eigenvalue weighted by molar-refractivity contribution is -0.122. The molecule has 1 saturated heterocycles. The number of ether oxygens (including phenoxy) is 2. The van der Waals surface area contributed by atoms with Crippen molar-refractivity contribution < 1.29 is 23.9 Å². The maximum absolute atomic E-state index is 13.3. The van der Waals surface area contributed by atoms with Crippen LogP contribution in [-0.4, -0.2) is 24.5 Å². The Morgan fingerprint density at radius 1 is 0.821 bits per heavy atom. The molecule has 4 amide bonds. The highest BCUT2D eigenvalue weighted by Crippen LogP contribution is 2.32. The van der Waals surface area contributed by atoms with Crippen LogP contribution < -0.4 is 19.7 Å². The van der Waals surface area contributed by atoms with Gasteiger partial charge in [-0.1, -0.05) is 54.6 Å². The summed E-state index contributed by atoms with van der Waals surface area (Å²) in [5.74, 6) is -0.417. The van der Waals surface area contributed by atoms with Gasteiger partial charge in [-0.3, -0.25) is 14.9 Å². The van der Waals surface area contributed by atoms with E-state index < -0.39 is 17.8 Å². The normalized spacial score (nSPS) is 14.6. The van der Waals surface area contributed by atoms with Crippen LogP contribution in [0.1, 0.15) is 29.2 Å². The van der Waals surface area contributed by atoms with Crippen LogP contribution in [0.4, 0.5) is 10.5 Å². The molecular weight excluding hydrogens is 492 g/mol. The number of fused-ring (bicyclic) bond motifs is 1. The molecule has 1 aliphatic heterocycles. The van der Waals surface area contributed by atoms with E-state index in [4.69, 9.17) is 9.47 Å². The molecule has 1 N–H and O–H groups in total. The van der Waals surface area contributed by atoms with Gasteiger partial charge in [0.2, 0.25) is 0 Å². The molecule has 39 heavy (non-hydrogen) atoms. The Labute approximate surface area is 226 Å². The van der Waals surface area contributed by atoms with E-state index in [1.165, 1.54) is 6.08 Å². The van der Waals surface area contributed by atoms with Crippen molar-refractivity contribution in [2.24, 2.45) is 0 Å². The second-order valence-corrected chi connectivity index (χ2v) is 9.37. The van der Waals surface area contributed by atoms with Crippen LogP contribution in [0.5, 0.6) is 11.5 Å². The highest BCUT2D eigenvalue weighted by atomic mass is 16.5. The van der Waals surface area contributed by atoms with Gasteiger partial charge in [0.25, 0.3) is 11.8 Å². The smallest absolute Gasteiger partial charge is 0.335 e. The maximum atomic E-state index is 13.3. The van der Waals surface area contributed by atoms with Crippen LogP contribution in [0.2, 0.25) is 0 Å². The number of nitrogens with one attached hydrogen (secondary N) is 1. The predicted molar refractivity (Wildman–Crippen MR) is 151 cm³/mol. The molecule has 1 fully saturated rings. The first kappa shape index (κ1) is 25.7. The third-order valence-corrected chi connectivity index (χ3v) is 6.41. The van der Waals surface area contributed by atoms with Gasteiger partial charge in [0.15, 0.2) is 11.5 Å². The summed E-state index contributed by atoms with van der Waals surface area (Å²) in [6.45, 7) is 6.37. The first-order valence-electron chi connectivity index (χ1n) is 12.7. The van der Waals surface area contributed by atoms with Crippen molar-refractivity contribution in [3.63, 3.8) is 0 Å². The lowest BCUT2D eigenvalue weighted by Gasteiger charge is -2.27. The minimum absolute atomic E-state index is 0.152. The van der Waals surface area contributed by atoms with Crippen LogP contribution in [0.25, 0.3) is 16.8 Å². The molecule has 7 heteroatoms. The summed E-state index contributed by atoms with van der Waals surface area (Å²) in [5, 5.41) is 4.52. The first-order chi connectivity index (χ1) is 18.8. The van der Waals surface area contributed by atoms with E-state index >= 15 is 0 Å². The third kappa shape index (κ3) is 5.38. The van der Waals surface area contributed by atoms with Gasteiger partial charge >= 0.3 is 6.03 Å². The van der Waals surface area contributed by atoms with Gasteiger partial charge in [0.1, 0.15) is 12.2 Å². The van der Waals surface area contributed by atoms with Crippen molar-refractivity contribution in [3.8, 4) is 11.5 Å². The third-order valence-electron chi connectivity index (χ3n) is 6.41. The average molecular weight is 521 g/mol. The molecule has 1 aliphatic rings.